The van der Waals surface area contributed by atoms with Crippen molar-refractivity contribution in [1.29, 1.82) is 0 Å². The maximum absolute atomic E-state index is 9.86. The van der Waals surface area contributed by atoms with Gasteiger partial charge in [0.1, 0.15) is 5.03 Å². The van der Waals surface area contributed by atoms with Crippen molar-refractivity contribution < 1.29 is 5.11 Å². The van der Waals surface area contributed by atoms with E-state index < -0.39 is 6.10 Å². The number of hydrogen-bond donors (Lipinski definition) is 2. The maximum atomic E-state index is 9.86. The first-order valence-electron chi connectivity index (χ1n) is 5.86. The summed E-state index contributed by atoms with van der Waals surface area (Å²) >= 11 is 1.59. The molecule has 0 saturated heterocycles. The zero-order chi connectivity index (χ0) is 12.5. The zero-order valence-electron chi connectivity index (χ0n) is 9.92. The molecule has 92 valence electrons. The second-order valence-corrected chi connectivity index (χ2v) is 5.15. The normalized spacial score (nSPS) is 14.3. The molecule has 0 spiro atoms. The van der Waals surface area contributed by atoms with Gasteiger partial charge >= 0.3 is 0 Å². The average Bonchev–Trinajstić information content (AvgIpc) is 2.43. The van der Waals surface area contributed by atoms with E-state index in [9.17, 15) is 5.11 Å². The highest BCUT2D eigenvalue weighted by Gasteiger charge is 2.18. The van der Waals surface area contributed by atoms with Gasteiger partial charge in [-0.3, -0.25) is 0 Å². The molecule has 4 nitrogen and oxygen atoms in total. The van der Waals surface area contributed by atoms with Gasteiger partial charge in [-0.25, -0.2) is 9.97 Å². The molecule has 1 atom stereocenters. The van der Waals surface area contributed by atoms with Gasteiger partial charge in [-0.2, -0.15) is 0 Å². The lowest BCUT2D eigenvalue weighted by Crippen LogP contribution is -2.05. The van der Waals surface area contributed by atoms with Gasteiger partial charge in [0.2, 0.25) is 0 Å². The highest BCUT2D eigenvalue weighted by atomic mass is 32.2. The summed E-state index contributed by atoms with van der Waals surface area (Å²) in [5.74, 6) is 0.776. The Labute approximate surface area is 109 Å². The molecule has 1 aliphatic rings. The van der Waals surface area contributed by atoms with Crippen LogP contribution in [-0.2, 0) is 0 Å². The Bertz CT molecular complexity index is 588. The number of nitrogens with zero attached hydrogens (tertiary/aromatic N) is 2. The number of aliphatic hydroxyl groups excluding tert-OH is 1. The summed E-state index contributed by atoms with van der Waals surface area (Å²) in [5.41, 5.74) is 1.91. The van der Waals surface area contributed by atoms with Crippen molar-refractivity contribution in [2.24, 2.45) is 0 Å². The quantitative estimate of drug-likeness (QED) is 0.740. The van der Waals surface area contributed by atoms with Crippen LogP contribution in [-0.4, -0.2) is 15.1 Å². The molecule has 0 bridgehead atoms. The third-order valence-electron chi connectivity index (χ3n) is 2.90. The lowest BCUT2D eigenvalue weighted by atomic mass is 10.1. The summed E-state index contributed by atoms with van der Waals surface area (Å²) in [7, 11) is 0. The van der Waals surface area contributed by atoms with Crippen molar-refractivity contribution in [3.63, 3.8) is 0 Å². The summed E-state index contributed by atoms with van der Waals surface area (Å²) in [6, 6.07) is 5.95. The van der Waals surface area contributed by atoms with E-state index in [2.05, 4.69) is 15.3 Å². The molecule has 0 amide bonds. The lowest BCUT2D eigenvalue weighted by molar-refractivity contribution is 0.173. The molecular formula is C13H13N3OS. The van der Waals surface area contributed by atoms with Gasteiger partial charge in [-0.1, -0.05) is 24.8 Å². The SMILES string of the molecule is CCC(O)c1ccc2c(c1)Nc1nccnc1S2. The van der Waals surface area contributed by atoms with Crippen LogP contribution in [0, 0.1) is 0 Å². The van der Waals surface area contributed by atoms with Gasteiger partial charge in [0.05, 0.1) is 11.8 Å². The molecule has 3 rings (SSSR count). The van der Waals surface area contributed by atoms with E-state index in [0.29, 0.717) is 6.42 Å². The molecule has 0 aliphatic carbocycles. The molecule has 2 N–H and O–H groups in total. The first-order chi connectivity index (χ1) is 8.78. The molecule has 2 heterocycles. The molecular weight excluding hydrogens is 246 g/mol. The van der Waals surface area contributed by atoms with Crippen molar-refractivity contribution in [2.75, 3.05) is 5.32 Å². The van der Waals surface area contributed by atoms with E-state index in [0.717, 1.165) is 27.0 Å². The second-order valence-electron chi connectivity index (χ2n) is 4.12. The molecule has 0 radical (unpaired) electrons. The molecule has 18 heavy (non-hydrogen) atoms. The van der Waals surface area contributed by atoms with Gasteiger partial charge < -0.3 is 10.4 Å². The number of anilines is 2. The Kier molecular flexibility index (Phi) is 2.93. The number of nitrogens with one attached hydrogen (secondary N) is 1. The van der Waals surface area contributed by atoms with Crippen molar-refractivity contribution in [1.82, 2.24) is 9.97 Å². The van der Waals surface area contributed by atoms with Gasteiger partial charge in [0.15, 0.2) is 5.82 Å². The minimum atomic E-state index is -0.412. The molecule has 1 aromatic carbocycles. The highest BCUT2D eigenvalue weighted by Crippen LogP contribution is 2.42. The van der Waals surface area contributed by atoms with E-state index >= 15 is 0 Å². The number of benzene rings is 1. The fourth-order valence-electron chi connectivity index (χ4n) is 1.89. The fraction of sp³-hybridized carbons (Fsp3) is 0.231. The van der Waals surface area contributed by atoms with Crippen molar-refractivity contribution in [3.05, 3.63) is 36.2 Å². The number of rotatable bonds is 2. The first-order valence-corrected chi connectivity index (χ1v) is 6.67. The van der Waals surface area contributed by atoms with Gasteiger partial charge in [-0.15, -0.1) is 0 Å². The van der Waals surface area contributed by atoms with Crippen LogP contribution in [0.5, 0.6) is 0 Å². The minimum absolute atomic E-state index is 0.412. The van der Waals surface area contributed by atoms with Crippen LogP contribution < -0.4 is 5.32 Å². The number of hydrogen-bond acceptors (Lipinski definition) is 5. The largest absolute Gasteiger partial charge is 0.388 e. The summed E-state index contributed by atoms with van der Waals surface area (Å²) in [6.07, 6.45) is 3.66. The fourth-order valence-corrected chi connectivity index (χ4v) is 2.77. The smallest absolute Gasteiger partial charge is 0.163 e. The average molecular weight is 259 g/mol. The molecule has 1 aliphatic heterocycles. The number of fused-ring (bicyclic) bond motifs is 2. The van der Waals surface area contributed by atoms with E-state index in [1.54, 1.807) is 24.2 Å². The van der Waals surface area contributed by atoms with Crippen LogP contribution in [0.1, 0.15) is 25.0 Å². The summed E-state index contributed by atoms with van der Waals surface area (Å²) in [4.78, 5) is 9.64. The van der Waals surface area contributed by atoms with Crippen molar-refractivity contribution in [2.45, 2.75) is 29.4 Å². The predicted molar refractivity (Wildman–Crippen MR) is 71.1 cm³/mol. The van der Waals surface area contributed by atoms with E-state index in [1.165, 1.54) is 0 Å². The third-order valence-corrected chi connectivity index (χ3v) is 3.97. The zero-order valence-corrected chi connectivity index (χ0v) is 10.7. The van der Waals surface area contributed by atoms with Crippen LogP contribution in [0.2, 0.25) is 0 Å². The highest BCUT2D eigenvalue weighted by molar-refractivity contribution is 7.99. The molecule has 1 aromatic heterocycles. The molecule has 0 saturated carbocycles. The Morgan fingerprint density at radius 2 is 2.17 bits per heavy atom. The lowest BCUT2D eigenvalue weighted by Gasteiger charge is -2.20. The molecule has 2 aromatic rings. The van der Waals surface area contributed by atoms with Crippen LogP contribution in [0.4, 0.5) is 11.5 Å². The monoisotopic (exact) mass is 259 g/mol. The van der Waals surface area contributed by atoms with Crippen molar-refractivity contribution >= 4 is 23.3 Å². The Balaban J connectivity index is 1.98. The topological polar surface area (TPSA) is 58.0 Å². The van der Waals surface area contributed by atoms with Crippen LogP contribution in [0.3, 0.4) is 0 Å². The Morgan fingerprint density at radius 3 is 3.00 bits per heavy atom. The maximum Gasteiger partial charge on any atom is 0.163 e. The number of aromatic nitrogens is 2. The van der Waals surface area contributed by atoms with Crippen LogP contribution in [0.25, 0.3) is 0 Å². The summed E-state index contributed by atoms with van der Waals surface area (Å²) < 4.78 is 0. The van der Waals surface area contributed by atoms with Crippen LogP contribution in [0.15, 0.2) is 40.5 Å². The summed E-state index contributed by atoms with van der Waals surface area (Å²) in [6.45, 7) is 1.97. The molecule has 0 fully saturated rings. The van der Waals surface area contributed by atoms with Gasteiger partial charge in [0, 0.05) is 17.3 Å². The third kappa shape index (κ3) is 1.95. The Morgan fingerprint density at radius 1 is 1.33 bits per heavy atom. The predicted octanol–water partition coefficient (Wildman–Crippen LogP) is 3.13. The first kappa shape index (κ1) is 11.5. The minimum Gasteiger partial charge on any atom is -0.388 e. The van der Waals surface area contributed by atoms with E-state index in [1.807, 2.05) is 25.1 Å². The van der Waals surface area contributed by atoms with E-state index in [-0.39, 0.29) is 0 Å². The van der Waals surface area contributed by atoms with E-state index in [4.69, 9.17) is 0 Å². The van der Waals surface area contributed by atoms with Gasteiger partial charge in [-0.05, 0) is 24.1 Å². The standard InChI is InChI=1S/C13H13N3OS/c1-2-10(17)8-3-4-11-9(7-8)16-12-13(18-11)15-6-5-14-12/h3-7,10,17H,2H2,1H3,(H,14,16). The molecule has 5 heteroatoms. The number of aliphatic hydroxyl groups is 1. The van der Waals surface area contributed by atoms with Crippen molar-refractivity contribution in [3.8, 4) is 0 Å². The molecule has 1 unspecified atom stereocenters. The second kappa shape index (κ2) is 4.59. The van der Waals surface area contributed by atoms with Gasteiger partial charge in [0.25, 0.3) is 0 Å². The van der Waals surface area contributed by atoms with Crippen LogP contribution >= 0.6 is 11.8 Å². The Hall–Kier alpha value is -1.59. The summed E-state index contributed by atoms with van der Waals surface area (Å²) in [5, 5.41) is 14.0.